The van der Waals surface area contributed by atoms with Gasteiger partial charge in [0.15, 0.2) is 0 Å². The van der Waals surface area contributed by atoms with E-state index in [4.69, 9.17) is 5.73 Å². The molecule has 1 heterocycles. The third-order valence-electron chi connectivity index (χ3n) is 4.51. The lowest BCUT2D eigenvalue weighted by Crippen LogP contribution is -2.44. The van der Waals surface area contributed by atoms with Crippen LogP contribution in [0.15, 0.2) is 6.07 Å². The number of nitrogens with one attached hydrogen (secondary N) is 1. The monoisotopic (exact) mass is 278 g/mol. The minimum atomic E-state index is 0.0850. The maximum absolute atomic E-state index is 12.3. The average molecular weight is 278 g/mol. The number of thiophene rings is 1. The van der Waals surface area contributed by atoms with Gasteiger partial charge in [0.25, 0.3) is 5.91 Å². The molecule has 0 radical (unpaired) electrons. The molecule has 4 heteroatoms. The van der Waals surface area contributed by atoms with Crippen molar-refractivity contribution in [1.82, 2.24) is 5.32 Å². The van der Waals surface area contributed by atoms with Crippen molar-refractivity contribution < 1.29 is 4.79 Å². The maximum Gasteiger partial charge on any atom is 0.261 e. The van der Waals surface area contributed by atoms with Crippen molar-refractivity contribution in [1.29, 1.82) is 0 Å². The SMILES string of the molecule is NCC(NC(=O)c1cc2c(s1)CCC2)C1CCCC1. The van der Waals surface area contributed by atoms with E-state index in [9.17, 15) is 4.79 Å². The second kappa shape index (κ2) is 5.63. The summed E-state index contributed by atoms with van der Waals surface area (Å²) in [5, 5.41) is 3.16. The van der Waals surface area contributed by atoms with E-state index in [2.05, 4.69) is 11.4 Å². The third kappa shape index (κ3) is 2.70. The van der Waals surface area contributed by atoms with Gasteiger partial charge in [-0.15, -0.1) is 11.3 Å². The van der Waals surface area contributed by atoms with Crippen LogP contribution in [0.2, 0.25) is 0 Å². The molecule has 1 aromatic rings. The first kappa shape index (κ1) is 13.1. The molecule has 1 fully saturated rings. The second-order valence-electron chi connectivity index (χ2n) is 5.77. The molecular formula is C15H22N2OS. The van der Waals surface area contributed by atoms with Crippen molar-refractivity contribution in [2.24, 2.45) is 11.7 Å². The molecule has 19 heavy (non-hydrogen) atoms. The summed E-state index contributed by atoms with van der Waals surface area (Å²) < 4.78 is 0. The van der Waals surface area contributed by atoms with Crippen LogP contribution >= 0.6 is 11.3 Å². The van der Waals surface area contributed by atoms with Crippen molar-refractivity contribution in [3.8, 4) is 0 Å². The highest BCUT2D eigenvalue weighted by Crippen LogP contribution is 2.31. The van der Waals surface area contributed by atoms with Gasteiger partial charge in [-0.1, -0.05) is 12.8 Å². The fourth-order valence-electron chi connectivity index (χ4n) is 3.41. The van der Waals surface area contributed by atoms with Gasteiger partial charge in [-0.2, -0.15) is 0 Å². The summed E-state index contributed by atoms with van der Waals surface area (Å²) in [5.74, 6) is 0.669. The van der Waals surface area contributed by atoms with Gasteiger partial charge in [0.05, 0.1) is 4.88 Å². The minimum Gasteiger partial charge on any atom is -0.347 e. The van der Waals surface area contributed by atoms with E-state index in [0.29, 0.717) is 12.5 Å². The molecular weight excluding hydrogens is 256 g/mol. The summed E-state index contributed by atoms with van der Waals surface area (Å²) in [4.78, 5) is 14.6. The number of hydrogen-bond donors (Lipinski definition) is 2. The molecule has 3 nitrogen and oxygen atoms in total. The summed E-state index contributed by atoms with van der Waals surface area (Å²) in [5.41, 5.74) is 7.23. The van der Waals surface area contributed by atoms with Crippen LogP contribution in [-0.4, -0.2) is 18.5 Å². The molecule has 1 aromatic heterocycles. The number of carbonyl (C=O) groups excluding carboxylic acids is 1. The highest BCUT2D eigenvalue weighted by Gasteiger charge is 2.26. The molecule has 0 spiro atoms. The Morgan fingerprint density at radius 3 is 2.84 bits per heavy atom. The van der Waals surface area contributed by atoms with E-state index in [1.807, 2.05) is 0 Å². The Morgan fingerprint density at radius 1 is 1.37 bits per heavy atom. The number of aryl methyl sites for hydroxylation is 2. The van der Waals surface area contributed by atoms with E-state index < -0.39 is 0 Å². The summed E-state index contributed by atoms with van der Waals surface area (Å²) in [7, 11) is 0. The zero-order valence-electron chi connectivity index (χ0n) is 11.3. The summed E-state index contributed by atoms with van der Waals surface area (Å²) in [6.45, 7) is 0.557. The van der Waals surface area contributed by atoms with Crippen LogP contribution in [0.25, 0.3) is 0 Å². The average Bonchev–Trinajstić information content (AvgIpc) is 3.09. The molecule has 104 valence electrons. The van der Waals surface area contributed by atoms with Crippen molar-refractivity contribution >= 4 is 17.2 Å². The summed E-state index contributed by atoms with van der Waals surface area (Å²) in [6.07, 6.45) is 8.52. The van der Waals surface area contributed by atoms with Crippen molar-refractivity contribution in [2.45, 2.75) is 51.0 Å². The molecule has 1 amide bonds. The van der Waals surface area contributed by atoms with E-state index in [1.54, 1.807) is 11.3 Å². The lowest BCUT2D eigenvalue weighted by atomic mass is 9.98. The normalized spacial score (nSPS) is 20.5. The molecule has 0 saturated heterocycles. The van der Waals surface area contributed by atoms with Gasteiger partial charge < -0.3 is 11.1 Å². The van der Waals surface area contributed by atoms with Gasteiger partial charge in [0.2, 0.25) is 0 Å². The van der Waals surface area contributed by atoms with Gasteiger partial charge >= 0.3 is 0 Å². The number of hydrogen-bond acceptors (Lipinski definition) is 3. The van der Waals surface area contributed by atoms with Crippen LogP contribution in [0.3, 0.4) is 0 Å². The second-order valence-corrected chi connectivity index (χ2v) is 6.91. The van der Waals surface area contributed by atoms with Crippen LogP contribution in [-0.2, 0) is 12.8 Å². The van der Waals surface area contributed by atoms with Crippen molar-refractivity contribution in [3.63, 3.8) is 0 Å². The van der Waals surface area contributed by atoms with Gasteiger partial charge in [-0.05, 0) is 49.7 Å². The number of rotatable bonds is 4. The molecule has 3 rings (SSSR count). The lowest BCUT2D eigenvalue weighted by molar-refractivity contribution is 0.0928. The molecule has 1 saturated carbocycles. The zero-order valence-corrected chi connectivity index (χ0v) is 12.1. The Kier molecular flexibility index (Phi) is 3.89. The smallest absolute Gasteiger partial charge is 0.261 e. The molecule has 1 atom stereocenters. The Bertz CT molecular complexity index is 441. The lowest BCUT2D eigenvalue weighted by Gasteiger charge is -2.22. The largest absolute Gasteiger partial charge is 0.347 e. The molecule has 0 aliphatic heterocycles. The molecule has 3 N–H and O–H groups in total. The number of carbonyl (C=O) groups is 1. The highest BCUT2D eigenvalue weighted by atomic mass is 32.1. The van der Waals surface area contributed by atoms with Gasteiger partial charge in [0.1, 0.15) is 0 Å². The first-order valence-corrected chi connectivity index (χ1v) is 8.22. The van der Waals surface area contributed by atoms with E-state index in [0.717, 1.165) is 17.7 Å². The predicted octanol–water partition coefficient (Wildman–Crippen LogP) is 2.48. The Balaban J connectivity index is 1.65. The highest BCUT2D eigenvalue weighted by molar-refractivity contribution is 7.14. The van der Waals surface area contributed by atoms with Crippen LogP contribution in [0, 0.1) is 5.92 Å². The van der Waals surface area contributed by atoms with E-state index >= 15 is 0 Å². The van der Waals surface area contributed by atoms with Gasteiger partial charge in [-0.3, -0.25) is 4.79 Å². The molecule has 0 bridgehead atoms. The zero-order chi connectivity index (χ0) is 13.2. The first-order chi connectivity index (χ1) is 9.28. The first-order valence-electron chi connectivity index (χ1n) is 7.40. The van der Waals surface area contributed by atoms with Crippen molar-refractivity contribution in [3.05, 3.63) is 21.4 Å². The quantitative estimate of drug-likeness (QED) is 0.889. The van der Waals surface area contributed by atoms with Gasteiger partial charge in [0, 0.05) is 17.5 Å². The standard InChI is InChI=1S/C15H22N2OS/c16-9-12(10-4-1-2-5-10)17-15(18)14-8-11-6-3-7-13(11)19-14/h8,10,12H,1-7,9,16H2,(H,17,18). The molecule has 1 unspecified atom stereocenters. The molecule has 2 aliphatic rings. The third-order valence-corrected chi connectivity index (χ3v) is 5.75. The Morgan fingerprint density at radius 2 is 2.16 bits per heavy atom. The molecule has 0 aromatic carbocycles. The van der Waals surface area contributed by atoms with Crippen LogP contribution < -0.4 is 11.1 Å². The number of fused-ring (bicyclic) bond motifs is 1. The number of nitrogens with two attached hydrogens (primary N) is 1. The fourth-order valence-corrected chi connectivity index (χ4v) is 4.57. The maximum atomic E-state index is 12.3. The van der Waals surface area contributed by atoms with Gasteiger partial charge in [-0.25, -0.2) is 0 Å². The van der Waals surface area contributed by atoms with Crippen LogP contribution in [0.4, 0.5) is 0 Å². The Labute approximate surface area is 118 Å². The summed E-state index contributed by atoms with van der Waals surface area (Å²) >= 11 is 1.67. The van der Waals surface area contributed by atoms with E-state index in [1.165, 1.54) is 42.5 Å². The minimum absolute atomic E-state index is 0.0850. The summed E-state index contributed by atoms with van der Waals surface area (Å²) in [6, 6.07) is 2.25. The van der Waals surface area contributed by atoms with Crippen molar-refractivity contribution in [2.75, 3.05) is 6.54 Å². The van der Waals surface area contributed by atoms with Crippen LogP contribution in [0.1, 0.15) is 52.2 Å². The predicted molar refractivity (Wildman–Crippen MR) is 78.6 cm³/mol. The fraction of sp³-hybridized carbons (Fsp3) is 0.667. The number of amides is 1. The Hall–Kier alpha value is -0.870. The van der Waals surface area contributed by atoms with Crippen LogP contribution in [0.5, 0.6) is 0 Å². The topological polar surface area (TPSA) is 55.1 Å². The molecule has 2 aliphatic carbocycles. The van der Waals surface area contributed by atoms with E-state index in [-0.39, 0.29) is 11.9 Å².